The molecule has 1 aliphatic rings. The second-order valence-corrected chi connectivity index (χ2v) is 6.32. The molecule has 2 aromatic rings. The van der Waals surface area contributed by atoms with Crippen molar-refractivity contribution < 1.29 is 4.74 Å². The molecule has 2 heterocycles. The first-order valence-electron chi connectivity index (χ1n) is 7.22. The third-order valence-corrected chi connectivity index (χ3v) is 4.44. The van der Waals surface area contributed by atoms with Gasteiger partial charge < -0.3 is 10.1 Å². The third kappa shape index (κ3) is 2.97. The molecule has 1 aromatic carbocycles. The summed E-state index contributed by atoms with van der Waals surface area (Å²) in [5, 5.41) is 3.38. The Morgan fingerprint density at radius 1 is 1.43 bits per heavy atom. The Bertz CT molecular complexity index is 657. The first kappa shape index (κ1) is 14.5. The number of hydrogen-bond donors (Lipinski definition) is 1. The highest BCUT2D eigenvalue weighted by molar-refractivity contribution is 9.10. The molecule has 1 aromatic heterocycles. The number of likely N-dealkylation sites (N-methyl/N-ethyl adjacent to an activating group) is 1. The van der Waals surface area contributed by atoms with Crippen molar-refractivity contribution in [2.75, 3.05) is 13.7 Å². The second kappa shape index (κ2) is 6.16. The van der Waals surface area contributed by atoms with E-state index in [9.17, 15) is 0 Å². The van der Waals surface area contributed by atoms with Crippen molar-refractivity contribution >= 4 is 15.9 Å². The zero-order chi connectivity index (χ0) is 14.8. The van der Waals surface area contributed by atoms with Gasteiger partial charge in [-0.2, -0.15) is 0 Å². The van der Waals surface area contributed by atoms with Crippen molar-refractivity contribution in [1.29, 1.82) is 0 Å². The molecule has 0 spiro atoms. The van der Waals surface area contributed by atoms with Crippen LogP contribution in [-0.2, 0) is 12.8 Å². The molecule has 110 valence electrons. The van der Waals surface area contributed by atoms with Gasteiger partial charge in [-0.05, 0) is 55.3 Å². The molecule has 1 N–H and O–H groups in total. The Hall–Kier alpha value is -1.39. The van der Waals surface area contributed by atoms with E-state index in [1.165, 1.54) is 16.7 Å². The third-order valence-electron chi connectivity index (χ3n) is 3.98. The zero-order valence-corrected chi connectivity index (χ0v) is 13.9. The maximum absolute atomic E-state index is 5.83. The summed E-state index contributed by atoms with van der Waals surface area (Å²) >= 11 is 3.61. The topological polar surface area (TPSA) is 34.1 Å². The first-order chi connectivity index (χ1) is 10.2. The fraction of sp³-hybridized carbons (Fsp3) is 0.353. The van der Waals surface area contributed by atoms with E-state index in [-0.39, 0.29) is 6.04 Å². The van der Waals surface area contributed by atoms with E-state index in [0.29, 0.717) is 0 Å². The van der Waals surface area contributed by atoms with Crippen LogP contribution < -0.4 is 10.1 Å². The van der Waals surface area contributed by atoms with Gasteiger partial charge in [0, 0.05) is 17.1 Å². The van der Waals surface area contributed by atoms with Crippen LogP contribution in [0.1, 0.15) is 28.4 Å². The predicted octanol–water partition coefficient (Wildman–Crippen LogP) is 3.59. The number of aromatic nitrogens is 1. The Morgan fingerprint density at radius 2 is 2.29 bits per heavy atom. The molecule has 0 saturated carbocycles. The average Bonchev–Trinajstić information content (AvgIpc) is 2.93. The van der Waals surface area contributed by atoms with E-state index >= 15 is 0 Å². The lowest BCUT2D eigenvalue weighted by Gasteiger charge is -2.19. The lowest BCUT2D eigenvalue weighted by Crippen LogP contribution is -2.21. The van der Waals surface area contributed by atoms with E-state index in [1.807, 2.05) is 19.3 Å². The van der Waals surface area contributed by atoms with Gasteiger partial charge in [0.2, 0.25) is 0 Å². The summed E-state index contributed by atoms with van der Waals surface area (Å²) < 4.78 is 6.95. The summed E-state index contributed by atoms with van der Waals surface area (Å²) in [6.07, 6.45) is 3.72. The molecule has 3 nitrogen and oxygen atoms in total. The molecule has 3 rings (SSSR count). The van der Waals surface area contributed by atoms with Crippen LogP contribution in [0.2, 0.25) is 0 Å². The molecule has 0 fully saturated rings. The van der Waals surface area contributed by atoms with Crippen molar-refractivity contribution in [2.45, 2.75) is 25.8 Å². The maximum atomic E-state index is 5.83. The van der Waals surface area contributed by atoms with Crippen LogP contribution in [0.5, 0.6) is 5.75 Å². The lowest BCUT2D eigenvalue weighted by molar-refractivity contribution is 0.351. The van der Waals surface area contributed by atoms with Crippen molar-refractivity contribution in [3.8, 4) is 5.75 Å². The molecular weight excluding hydrogens is 328 g/mol. The number of nitrogens with one attached hydrogen (secondary N) is 1. The van der Waals surface area contributed by atoms with Gasteiger partial charge in [0.25, 0.3) is 0 Å². The molecule has 1 atom stereocenters. The summed E-state index contributed by atoms with van der Waals surface area (Å²) in [5.41, 5.74) is 4.85. The molecule has 0 amide bonds. The summed E-state index contributed by atoms with van der Waals surface area (Å²) in [4.78, 5) is 4.55. The number of fused-ring (bicyclic) bond motifs is 1. The van der Waals surface area contributed by atoms with Crippen LogP contribution in [0.15, 0.2) is 34.9 Å². The monoisotopic (exact) mass is 346 g/mol. The summed E-state index contributed by atoms with van der Waals surface area (Å²) in [6, 6.07) is 8.59. The van der Waals surface area contributed by atoms with E-state index < -0.39 is 0 Å². The van der Waals surface area contributed by atoms with Crippen LogP contribution in [0.25, 0.3) is 0 Å². The van der Waals surface area contributed by atoms with Gasteiger partial charge in [0.1, 0.15) is 5.75 Å². The van der Waals surface area contributed by atoms with Crippen LogP contribution in [0.4, 0.5) is 0 Å². The minimum Gasteiger partial charge on any atom is -0.493 e. The molecule has 21 heavy (non-hydrogen) atoms. The highest BCUT2D eigenvalue weighted by Crippen LogP contribution is 2.35. The summed E-state index contributed by atoms with van der Waals surface area (Å²) in [5.74, 6) is 1.06. The second-order valence-electron chi connectivity index (χ2n) is 5.40. The van der Waals surface area contributed by atoms with Gasteiger partial charge in [-0.25, -0.2) is 0 Å². The zero-order valence-electron chi connectivity index (χ0n) is 12.3. The number of halogens is 1. The molecule has 1 aliphatic heterocycles. The number of benzene rings is 1. The fourth-order valence-corrected chi connectivity index (χ4v) is 3.47. The van der Waals surface area contributed by atoms with Crippen molar-refractivity contribution in [3.63, 3.8) is 0 Å². The van der Waals surface area contributed by atoms with E-state index in [4.69, 9.17) is 4.74 Å². The van der Waals surface area contributed by atoms with Crippen LogP contribution in [0, 0.1) is 6.92 Å². The van der Waals surface area contributed by atoms with Gasteiger partial charge >= 0.3 is 0 Å². The first-order valence-corrected chi connectivity index (χ1v) is 8.01. The lowest BCUT2D eigenvalue weighted by atomic mass is 9.97. The number of ether oxygens (including phenoxy) is 1. The van der Waals surface area contributed by atoms with Crippen molar-refractivity contribution in [2.24, 2.45) is 0 Å². The van der Waals surface area contributed by atoms with Crippen LogP contribution >= 0.6 is 15.9 Å². The van der Waals surface area contributed by atoms with E-state index in [1.54, 1.807) is 0 Å². The minimum atomic E-state index is 0.189. The fourth-order valence-electron chi connectivity index (χ4n) is 2.92. The SMILES string of the molecule is CNC(Cc1cc(Br)cc2c1OCC2)c1ncccc1C. The number of rotatable bonds is 4. The normalized spacial score (nSPS) is 14.6. The Balaban J connectivity index is 1.94. The Kier molecular flexibility index (Phi) is 4.27. The molecule has 0 aliphatic carbocycles. The standard InChI is InChI=1S/C17H19BrN2O/c1-11-4-3-6-20-16(11)15(19-2)10-13-9-14(18)8-12-5-7-21-17(12)13/h3-4,6,8-9,15,19H,5,7,10H2,1-2H3. The number of aryl methyl sites for hydroxylation is 1. The van der Waals surface area contributed by atoms with Crippen LogP contribution in [0.3, 0.4) is 0 Å². The number of pyridine rings is 1. The molecule has 4 heteroatoms. The Labute approximate surface area is 133 Å². The van der Waals surface area contributed by atoms with E-state index in [0.717, 1.165) is 35.4 Å². The summed E-state index contributed by atoms with van der Waals surface area (Å²) in [7, 11) is 1.98. The predicted molar refractivity (Wildman–Crippen MR) is 87.8 cm³/mol. The Morgan fingerprint density at radius 3 is 3.05 bits per heavy atom. The van der Waals surface area contributed by atoms with Crippen LogP contribution in [-0.4, -0.2) is 18.6 Å². The highest BCUT2D eigenvalue weighted by atomic mass is 79.9. The average molecular weight is 347 g/mol. The van der Waals surface area contributed by atoms with Crippen molar-refractivity contribution in [3.05, 3.63) is 57.3 Å². The van der Waals surface area contributed by atoms with Gasteiger partial charge in [-0.15, -0.1) is 0 Å². The molecule has 0 bridgehead atoms. The number of hydrogen-bond acceptors (Lipinski definition) is 3. The smallest absolute Gasteiger partial charge is 0.125 e. The van der Waals surface area contributed by atoms with Gasteiger partial charge in [0.15, 0.2) is 0 Å². The number of nitrogens with zero attached hydrogens (tertiary/aromatic N) is 1. The van der Waals surface area contributed by atoms with Gasteiger partial charge in [-0.1, -0.05) is 22.0 Å². The highest BCUT2D eigenvalue weighted by Gasteiger charge is 2.21. The van der Waals surface area contributed by atoms with Crippen molar-refractivity contribution in [1.82, 2.24) is 10.3 Å². The van der Waals surface area contributed by atoms with Gasteiger partial charge in [0.05, 0.1) is 18.3 Å². The van der Waals surface area contributed by atoms with Gasteiger partial charge in [-0.3, -0.25) is 4.98 Å². The maximum Gasteiger partial charge on any atom is 0.125 e. The summed E-state index contributed by atoms with van der Waals surface area (Å²) in [6.45, 7) is 2.89. The molecule has 0 radical (unpaired) electrons. The molecular formula is C17H19BrN2O. The quantitative estimate of drug-likeness (QED) is 0.918. The largest absolute Gasteiger partial charge is 0.493 e. The molecule has 0 saturated heterocycles. The minimum absolute atomic E-state index is 0.189. The molecule has 1 unspecified atom stereocenters. The van der Waals surface area contributed by atoms with E-state index in [2.05, 4.69) is 51.4 Å².